The zero-order valence-electron chi connectivity index (χ0n) is 17.7. The zero-order valence-corrected chi connectivity index (χ0v) is 17.7. The number of benzene rings is 1. The fraction of sp³-hybridized carbons (Fsp3) is 0.591. The van der Waals surface area contributed by atoms with Crippen LogP contribution in [0.4, 0.5) is 5.69 Å². The number of hydrogen-bond acceptors (Lipinski definition) is 5. The number of carbonyl (C=O) groups excluding carboxylic acids is 3. The molecule has 2 atom stereocenters. The Morgan fingerprint density at radius 3 is 2.52 bits per heavy atom. The number of nitrogens with zero attached hydrogens (tertiary/aromatic N) is 1. The summed E-state index contributed by atoms with van der Waals surface area (Å²) in [6.07, 6.45) is 3.56. The van der Waals surface area contributed by atoms with Gasteiger partial charge in [0.1, 0.15) is 12.1 Å². The number of hydrogen-bond donors (Lipinski definition) is 2. The Morgan fingerprint density at radius 1 is 1.17 bits per heavy atom. The van der Waals surface area contributed by atoms with Gasteiger partial charge < -0.3 is 20.3 Å². The number of amides is 2. The lowest BCUT2D eigenvalue weighted by atomic mass is 9.85. The maximum Gasteiger partial charge on any atom is 0.337 e. The van der Waals surface area contributed by atoms with E-state index in [1.807, 2.05) is 26.8 Å². The van der Waals surface area contributed by atoms with Crippen LogP contribution in [0, 0.1) is 5.41 Å². The summed E-state index contributed by atoms with van der Waals surface area (Å²) in [5, 5.41) is 6.33. The van der Waals surface area contributed by atoms with E-state index < -0.39 is 23.5 Å². The molecule has 7 nitrogen and oxygen atoms in total. The molecule has 7 heteroatoms. The van der Waals surface area contributed by atoms with E-state index in [4.69, 9.17) is 4.74 Å². The van der Waals surface area contributed by atoms with Gasteiger partial charge in [-0.15, -0.1) is 0 Å². The molecule has 2 fully saturated rings. The van der Waals surface area contributed by atoms with Crippen molar-refractivity contribution in [2.24, 2.45) is 5.41 Å². The number of esters is 1. The normalized spacial score (nSPS) is 20.1. The molecule has 0 spiro atoms. The van der Waals surface area contributed by atoms with E-state index in [9.17, 15) is 14.4 Å². The fourth-order valence-electron chi connectivity index (χ4n) is 3.66. The molecule has 1 heterocycles. The lowest BCUT2D eigenvalue weighted by Crippen LogP contribution is -2.54. The van der Waals surface area contributed by atoms with Crippen LogP contribution in [0.15, 0.2) is 24.3 Å². The van der Waals surface area contributed by atoms with Gasteiger partial charge in [-0.1, -0.05) is 26.8 Å². The molecular formula is C22H31N3O4. The van der Waals surface area contributed by atoms with E-state index in [1.165, 1.54) is 7.11 Å². The number of ether oxygens (including phenoxy) is 1. The topological polar surface area (TPSA) is 87.7 Å². The third kappa shape index (κ3) is 5.08. The Morgan fingerprint density at radius 2 is 1.90 bits per heavy atom. The number of likely N-dealkylation sites (tertiary alicyclic amines) is 1. The van der Waals surface area contributed by atoms with Crippen molar-refractivity contribution in [3.8, 4) is 0 Å². The van der Waals surface area contributed by atoms with Crippen molar-refractivity contribution in [2.45, 2.75) is 64.6 Å². The van der Waals surface area contributed by atoms with Crippen molar-refractivity contribution in [2.75, 3.05) is 19.0 Å². The molecule has 3 rings (SSSR count). The SMILES string of the molecule is COC(=O)c1cccc(N[C@@H](C(=O)N2CCC[C@H]2C(=O)NC2CC2)C(C)(C)C)c1. The molecule has 0 aromatic heterocycles. The lowest BCUT2D eigenvalue weighted by Gasteiger charge is -2.36. The minimum absolute atomic E-state index is 0.0429. The number of methoxy groups -OCH3 is 1. The average Bonchev–Trinajstić information content (AvgIpc) is 3.35. The summed E-state index contributed by atoms with van der Waals surface area (Å²) in [6.45, 7) is 6.55. The molecule has 0 unspecified atom stereocenters. The van der Waals surface area contributed by atoms with Gasteiger partial charge in [0.15, 0.2) is 0 Å². The highest BCUT2D eigenvalue weighted by molar-refractivity contribution is 5.93. The van der Waals surface area contributed by atoms with Crippen molar-refractivity contribution in [3.63, 3.8) is 0 Å². The van der Waals surface area contributed by atoms with Gasteiger partial charge in [0, 0.05) is 18.3 Å². The fourth-order valence-corrected chi connectivity index (χ4v) is 3.66. The second kappa shape index (κ2) is 8.43. The van der Waals surface area contributed by atoms with Crippen LogP contribution in [0.25, 0.3) is 0 Å². The standard InChI is InChI=1S/C22H31N3O4/c1-22(2,3)18(23-16-8-5-7-14(13-16)21(28)29-4)20(27)25-12-6-9-17(25)19(26)24-15-10-11-15/h5,7-8,13,15,17-18,23H,6,9-12H2,1-4H3,(H,24,26)/t17-,18-/m0/s1. The zero-order chi connectivity index (χ0) is 21.2. The Bertz CT molecular complexity index is 783. The van der Waals surface area contributed by atoms with Crippen LogP contribution in [0.2, 0.25) is 0 Å². The lowest BCUT2D eigenvalue weighted by molar-refractivity contribution is -0.140. The average molecular weight is 402 g/mol. The molecule has 1 saturated carbocycles. The summed E-state index contributed by atoms with van der Waals surface area (Å²) < 4.78 is 4.78. The molecule has 0 bridgehead atoms. The van der Waals surface area contributed by atoms with Crippen LogP contribution in [-0.2, 0) is 14.3 Å². The minimum Gasteiger partial charge on any atom is -0.465 e. The Kier molecular flexibility index (Phi) is 6.15. The Hall–Kier alpha value is -2.57. The number of anilines is 1. The van der Waals surface area contributed by atoms with Crippen molar-refractivity contribution >= 4 is 23.5 Å². The number of rotatable bonds is 6. The van der Waals surface area contributed by atoms with Crippen molar-refractivity contribution < 1.29 is 19.1 Å². The summed E-state index contributed by atoms with van der Waals surface area (Å²) in [7, 11) is 1.34. The molecule has 2 N–H and O–H groups in total. The Labute approximate surface area is 172 Å². The molecule has 29 heavy (non-hydrogen) atoms. The van der Waals surface area contributed by atoms with Gasteiger partial charge in [0.2, 0.25) is 11.8 Å². The highest BCUT2D eigenvalue weighted by Crippen LogP contribution is 2.29. The summed E-state index contributed by atoms with van der Waals surface area (Å²) in [4.78, 5) is 39.6. The van der Waals surface area contributed by atoms with Gasteiger partial charge in [-0.3, -0.25) is 9.59 Å². The van der Waals surface area contributed by atoms with Crippen molar-refractivity contribution in [1.82, 2.24) is 10.2 Å². The van der Waals surface area contributed by atoms with E-state index >= 15 is 0 Å². The summed E-state index contributed by atoms with van der Waals surface area (Å²) in [6, 6.07) is 6.25. The molecule has 158 valence electrons. The molecule has 2 aliphatic rings. The predicted molar refractivity (Wildman–Crippen MR) is 111 cm³/mol. The van der Waals surface area contributed by atoms with Crippen molar-refractivity contribution in [3.05, 3.63) is 29.8 Å². The maximum atomic E-state index is 13.5. The van der Waals surface area contributed by atoms with Crippen LogP contribution in [0.1, 0.15) is 56.8 Å². The van der Waals surface area contributed by atoms with Gasteiger partial charge in [0.25, 0.3) is 0 Å². The first kappa shape index (κ1) is 21.1. The number of carbonyl (C=O) groups is 3. The van der Waals surface area contributed by atoms with E-state index in [0.29, 0.717) is 24.2 Å². The van der Waals surface area contributed by atoms with Crippen LogP contribution in [0.5, 0.6) is 0 Å². The maximum absolute atomic E-state index is 13.5. The molecule has 2 amide bonds. The third-order valence-electron chi connectivity index (χ3n) is 5.47. The molecule has 0 radical (unpaired) electrons. The van der Waals surface area contributed by atoms with E-state index in [1.54, 1.807) is 23.1 Å². The van der Waals surface area contributed by atoms with Gasteiger partial charge in [-0.25, -0.2) is 4.79 Å². The summed E-state index contributed by atoms with van der Waals surface area (Å²) in [5.74, 6) is -0.559. The van der Waals surface area contributed by atoms with Crippen LogP contribution in [-0.4, -0.2) is 54.5 Å². The van der Waals surface area contributed by atoms with Gasteiger partial charge >= 0.3 is 5.97 Å². The molecular weight excluding hydrogens is 370 g/mol. The first-order valence-corrected chi connectivity index (χ1v) is 10.3. The highest BCUT2D eigenvalue weighted by atomic mass is 16.5. The van der Waals surface area contributed by atoms with E-state index in [-0.39, 0.29) is 17.9 Å². The smallest absolute Gasteiger partial charge is 0.337 e. The second-order valence-electron chi connectivity index (χ2n) is 8.99. The molecule has 1 aromatic carbocycles. The van der Waals surface area contributed by atoms with Crippen LogP contribution in [0.3, 0.4) is 0 Å². The quantitative estimate of drug-likeness (QED) is 0.716. The monoisotopic (exact) mass is 401 g/mol. The third-order valence-corrected chi connectivity index (χ3v) is 5.47. The second-order valence-corrected chi connectivity index (χ2v) is 8.99. The van der Waals surface area contributed by atoms with Crippen LogP contribution < -0.4 is 10.6 Å². The summed E-state index contributed by atoms with van der Waals surface area (Å²) >= 11 is 0. The molecule has 1 aliphatic carbocycles. The first-order chi connectivity index (χ1) is 13.7. The van der Waals surface area contributed by atoms with Gasteiger partial charge in [-0.2, -0.15) is 0 Å². The first-order valence-electron chi connectivity index (χ1n) is 10.3. The molecule has 1 aromatic rings. The highest BCUT2D eigenvalue weighted by Gasteiger charge is 2.42. The predicted octanol–water partition coefficient (Wildman–Crippen LogP) is 2.57. The molecule has 1 aliphatic heterocycles. The van der Waals surface area contributed by atoms with Crippen LogP contribution >= 0.6 is 0 Å². The van der Waals surface area contributed by atoms with Gasteiger partial charge in [0.05, 0.1) is 12.7 Å². The number of nitrogens with one attached hydrogen (secondary N) is 2. The van der Waals surface area contributed by atoms with E-state index in [2.05, 4.69) is 10.6 Å². The van der Waals surface area contributed by atoms with Crippen molar-refractivity contribution in [1.29, 1.82) is 0 Å². The largest absolute Gasteiger partial charge is 0.465 e. The summed E-state index contributed by atoms with van der Waals surface area (Å²) in [5.41, 5.74) is 0.693. The molecule has 1 saturated heterocycles. The minimum atomic E-state index is -0.537. The van der Waals surface area contributed by atoms with Gasteiger partial charge in [-0.05, 0) is 49.3 Å². The van der Waals surface area contributed by atoms with E-state index in [0.717, 1.165) is 19.3 Å². The Balaban J connectivity index is 1.78.